The van der Waals surface area contributed by atoms with Crippen LogP contribution in [0.15, 0.2) is 29.4 Å². The van der Waals surface area contributed by atoms with Crippen molar-refractivity contribution in [2.24, 2.45) is 11.0 Å². The van der Waals surface area contributed by atoms with Gasteiger partial charge in [0, 0.05) is 31.5 Å². The van der Waals surface area contributed by atoms with E-state index in [1.165, 1.54) is 0 Å². The summed E-state index contributed by atoms with van der Waals surface area (Å²) in [6.07, 6.45) is 0.334. The first-order chi connectivity index (χ1) is 9.67. The van der Waals surface area contributed by atoms with Crippen LogP contribution in [0.5, 0.6) is 0 Å². The molecule has 0 saturated carbocycles. The number of para-hydroxylation sites is 1. The molecule has 0 bridgehead atoms. The molecule has 2 rings (SSSR count). The van der Waals surface area contributed by atoms with Crippen molar-refractivity contribution in [3.63, 3.8) is 0 Å². The maximum atomic E-state index is 12.1. The van der Waals surface area contributed by atoms with Gasteiger partial charge in [0.05, 0.1) is 11.3 Å². The van der Waals surface area contributed by atoms with Crippen molar-refractivity contribution in [1.82, 2.24) is 5.32 Å². The molecule has 104 valence electrons. The highest BCUT2D eigenvalue weighted by Crippen LogP contribution is 2.28. The summed E-state index contributed by atoms with van der Waals surface area (Å²) >= 11 is 0. The molecule has 1 atom stereocenters. The lowest BCUT2D eigenvalue weighted by molar-refractivity contribution is -0.117. The number of hydrogen-bond donors (Lipinski definition) is 1. The van der Waals surface area contributed by atoms with Crippen LogP contribution in [-0.4, -0.2) is 32.0 Å². The van der Waals surface area contributed by atoms with Gasteiger partial charge in [0.1, 0.15) is 0 Å². The molecule has 0 aliphatic carbocycles. The molecule has 20 heavy (non-hydrogen) atoms. The Kier molecular flexibility index (Phi) is 4.22. The quantitative estimate of drug-likeness (QED) is 0.513. The molecule has 0 radical (unpaired) electrons. The van der Waals surface area contributed by atoms with Crippen LogP contribution in [0.4, 0.5) is 5.69 Å². The number of amides is 2. The van der Waals surface area contributed by atoms with E-state index in [0.717, 1.165) is 0 Å². The highest BCUT2D eigenvalue weighted by molar-refractivity contribution is 6.05. The molecule has 0 spiro atoms. The predicted octanol–water partition coefficient (Wildman–Crippen LogP) is 1.71. The zero-order valence-corrected chi connectivity index (χ0v) is 11.1. The van der Waals surface area contributed by atoms with Gasteiger partial charge < -0.3 is 10.2 Å². The van der Waals surface area contributed by atoms with Crippen LogP contribution in [-0.2, 0) is 4.79 Å². The van der Waals surface area contributed by atoms with Crippen LogP contribution in [0.3, 0.4) is 0 Å². The maximum Gasteiger partial charge on any atom is 0.253 e. The molecule has 1 aromatic rings. The van der Waals surface area contributed by atoms with Crippen molar-refractivity contribution in [1.29, 1.82) is 0 Å². The Labute approximate surface area is 116 Å². The molecule has 1 heterocycles. The van der Waals surface area contributed by atoms with Gasteiger partial charge in [-0.1, -0.05) is 17.2 Å². The minimum absolute atomic E-state index is 0.00357. The summed E-state index contributed by atoms with van der Waals surface area (Å²) in [7, 11) is 1.55. The monoisotopic (exact) mass is 273 g/mol. The van der Waals surface area contributed by atoms with Crippen LogP contribution in [0.2, 0.25) is 0 Å². The molecule has 1 fully saturated rings. The second-order valence-corrected chi connectivity index (χ2v) is 4.58. The second kappa shape index (κ2) is 6.08. The third kappa shape index (κ3) is 2.73. The van der Waals surface area contributed by atoms with Crippen molar-refractivity contribution in [3.8, 4) is 0 Å². The summed E-state index contributed by atoms with van der Waals surface area (Å²) in [5.41, 5.74) is 9.39. The standard InChI is InChI=1S/C13H15N5O2/c1-15-13(20)10-4-2-3-5-11(10)18-8-9(6-12(18)19)7-16-17-14/h2-5,9H,6-8H2,1H3,(H,15,20). The fourth-order valence-electron chi connectivity index (χ4n) is 2.32. The van der Waals surface area contributed by atoms with Gasteiger partial charge in [-0.25, -0.2) is 0 Å². The van der Waals surface area contributed by atoms with E-state index in [0.29, 0.717) is 30.8 Å². The largest absolute Gasteiger partial charge is 0.355 e. The van der Waals surface area contributed by atoms with Gasteiger partial charge in [-0.15, -0.1) is 0 Å². The van der Waals surface area contributed by atoms with E-state index in [1.807, 2.05) is 0 Å². The van der Waals surface area contributed by atoms with Crippen LogP contribution >= 0.6 is 0 Å². The molecule has 2 amide bonds. The van der Waals surface area contributed by atoms with E-state index in [-0.39, 0.29) is 17.7 Å². The van der Waals surface area contributed by atoms with Gasteiger partial charge in [0.15, 0.2) is 0 Å². The predicted molar refractivity (Wildman–Crippen MR) is 74.3 cm³/mol. The van der Waals surface area contributed by atoms with Crippen molar-refractivity contribution in [2.75, 3.05) is 25.0 Å². The number of carbonyl (C=O) groups is 2. The maximum absolute atomic E-state index is 12.1. The summed E-state index contributed by atoms with van der Waals surface area (Å²) in [4.78, 5) is 28.2. The average Bonchev–Trinajstić information content (AvgIpc) is 2.85. The number of benzene rings is 1. The summed E-state index contributed by atoms with van der Waals surface area (Å²) in [5.74, 6) is -0.289. The number of anilines is 1. The third-order valence-corrected chi connectivity index (χ3v) is 3.27. The van der Waals surface area contributed by atoms with E-state index in [2.05, 4.69) is 15.3 Å². The first-order valence-corrected chi connectivity index (χ1v) is 6.29. The van der Waals surface area contributed by atoms with E-state index >= 15 is 0 Å². The van der Waals surface area contributed by atoms with Crippen molar-refractivity contribution in [2.45, 2.75) is 6.42 Å². The molecule has 0 aromatic heterocycles. The number of rotatable bonds is 4. The summed E-state index contributed by atoms with van der Waals surface area (Å²) < 4.78 is 0. The molecular formula is C13H15N5O2. The zero-order chi connectivity index (χ0) is 14.5. The number of carbonyl (C=O) groups excluding carboxylic acids is 2. The number of azide groups is 1. The lowest BCUT2D eigenvalue weighted by Crippen LogP contribution is -2.28. The van der Waals surface area contributed by atoms with Gasteiger partial charge >= 0.3 is 0 Å². The Morgan fingerprint density at radius 2 is 2.30 bits per heavy atom. The minimum Gasteiger partial charge on any atom is -0.355 e. The van der Waals surface area contributed by atoms with Crippen molar-refractivity contribution < 1.29 is 9.59 Å². The van der Waals surface area contributed by atoms with Gasteiger partial charge in [-0.3, -0.25) is 9.59 Å². The summed E-state index contributed by atoms with van der Waals surface area (Å²) in [6.45, 7) is 0.757. The van der Waals surface area contributed by atoms with Crippen LogP contribution in [0.1, 0.15) is 16.8 Å². The Balaban J connectivity index is 2.26. The van der Waals surface area contributed by atoms with Gasteiger partial charge in [-0.2, -0.15) is 0 Å². The first-order valence-electron chi connectivity index (χ1n) is 6.29. The normalized spacial score (nSPS) is 17.8. The Morgan fingerprint density at radius 3 is 3.00 bits per heavy atom. The third-order valence-electron chi connectivity index (χ3n) is 3.27. The highest BCUT2D eigenvalue weighted by Gasteiger charge is 2.31. The van der Waals surface area contributed by atoms with Gasteiger partial charge in [-0.05, 0) is 23.6 Å². The Bertz CT molecular complexity index is 580. The number of nitrogens with zero attached hydrogens (tertiary/aromatic N) is 4. The fourth-order valence-corrected chi connectivity index (χ4v) is 2.32. The van der Waals surface area contributed by atoms with E-state index in [1.54, 1.807) is 36.2 Å². The fraction of sp³-hybridized carbons (Fsp3) is 0.385. The summed E-state index contributed by atoms with van der Waals surface area (Å²) in [5, 5.41) is 6.07. The number of nitrogens with one attached hydrogen (secondary N) is 1. The smallest absolute Gasteiger partial charge is 0.253 e. The SMILES string of the molecule is CNC(=O)c1ccccc1N1CC(CN=[N+]=[N-])CC1=O. The summed E-state index contributed by atoms with van der Waals surface area (Å²) in [6, 6.07) is 6.97. The molecule has 1 aromatic carbocycles. The second-order valence-electron chi connectivity index (χ2n) is 4.58. The van der Waals surface area contributed by atoms with Crippen LogP contribution in [0.25, 0.3) is 10.4 Å². The molecule has 1 N–H and O–H groups in total. The Hall–Kier alpha value is -2.53. The number of hydrogen-bond acceptors (Lipinski definition) is 3. The molecular weight excluding hydrogens is 258 g/mol. The highest BCUT2D eigenvalue weighted by atomic mass is 16.2. The molecule has 1 aliphatic rings. The molecule has 1 unspecified atom stereocenters. The molecule has 7 nitrogen and oxygen atoms in total. The molecule has 7 heteroatoms. The van der Waals surface area contributed by atoms with Crippen LogP contribution in [0, 0.1) is 5.92 Å². The lowest BCUT2D eigenvalue weighted by Gasteiger charge is -2.19. The molecule has 1 saturated heterocycles. The molecule has 1 aliphatic heterocycles. The average molecular weight is 273 g/mol. The topological polar surface area (TPSA) is 98.2 Å². The van der Waals surface area contributed by atoms with Gasteiger partial charge in [0.2, 0.25) is 5.91 Å². The minimum atomic E-state index is -0.230. The first kappa shape index (κ1) is 13.9. The van der Waals surface area contributed by atoms with Crippen molar-refractivity contribution in [3.05, 3.63) is 40.3 Å². The van der Waals surface area contributed by atoms with E-state index in [4.69, 9.17) is 5.53 Å². The van der Waals surface area contributed by atoms with E-state index in [9.17, 15) is 9.59 Å². The lowest BCUT2D eigenvalue weighted by atomic mass is 10.1. The van der Waals surface area contributed by atoms with Crippen LogP contribution < -0.4 is 10.2 Å². The zero-order valence-electron chi connectivity index (χ0n) is 11.1. The van der Waals surface area contributed by atoms with Gasteiger partial charge in [0.25, 0.3) is 5.91 Å². The van der Waals surface area contributed by atoms with E-state index < -0.39 is 0 Å². The Morgan fingerprint density at radius 1 is 1.55 bits per heavy atom. The van der Waals surface area contributed by atoms with Crippen molar-refractivity contribution >= 4 is 17.5 Å².